The van der Waals surface area contributed by atoms with Gasteiger partial charge in [-0.05, 0) is 43.4 Å². The smallest absolute Gasteiger partial charge is 0.310 e. The van der Waals surface area contributed by atoms with Crippen LogP contribution >= 0.6 is 0 Å². The molecule has 108 valence electrons. The third kappa shape index (κ3) is 2.40. The first kappa shape index (κ1) is 13.4. The highest BCUT2D eigenvalue weighted by Gasteiger charge is 2.54. The summed E-state index contributed by atoms with van der Waals surface area (Å²) < 4.78 is 16.6. The maximum absolute atomic E-state index is 11.6. The minimum absolute atomic E-state index is 0.0362. The Bertz CT molecular complexity index is 343. The monoisotopic (exact) mass is 268 g/mol. The molecule has 0 radical (unpaired) electrons. The molecule has 6 atom stereocenters. The number of fused-ring (bicyclic) bond motifs is 5. The SMILES string of the molecule is CCC(C)C(=O)OCOC1OCC2C3CCC(C3)C12. The van der Waals surface area contributed by atoms with E-state index in [0.29, 0.717) is 11.8 Å². The van der Waals surface area contributed by atoms with Gasteiger partial charge in [-0.1, -0.05) is 13.8 Å². The first-order valence-corrected chi connectivity index (χ1v) is 7.60. The van der Waals surface area contributed by atoms with Crippen LogP contribution in [-0.4, -0.2) is 25.7 Å². The number of ether oxygens (including phenoxy) is 3. The molecule has 2 saturated carbocycles. The minimum Gasteiger partial charge on any atom is -0.438 e. The lowest BCUT2D eigenvalue weighted by molar-refractivity contribution is -0.201. The molecular formula is C15H24O4. The molecule has 3 rings (SSSR count). The first-order valence-electron chi connectivity index (χ1n) is 7.60. The number of rotatable bonds is 5. The molecule has 4 nitrogen and oxygen atoms in total. The zero-order valence-electron chi connectivity index (χ0n) is 11.8. The Morgan fingerprint density at radius 1 is 1.37 bits per heavy atom. The van der Waals surface area contributed by atoms with Crippen LogP contribution < -0.4 is 0 Å². The van der Waals surface area contributed by atoms with E-state index in [2.05, 4.69) is 0 Å². The van der Waals surface area contributed by atoms with E-state index >= 15 is 0 Å². The van der Waals surface area contributed by atoms with E-state index in [1.807, 2.05) is 13.8 Å². The highest BCUT2D eigenvalue weighted by Crippen LogP contribution is 2.56. The van der Waals surface area contributed by atoms with Gasteiger partial charge in [0.05, 0.1) is 12.5 Å². The van der Waals surface area contributed by atoms with E-state index in [4.69, 9.17) is 14.2 Å². The summed E-state index contributed by atoms with van der Waals surface area (Å²) in [7, 11) is 0. The molecule has 3 aliphatic rings. The van der Waals surface area contributed by atoms with E-state index < -0.39 is 0 Å². The maximum Gasteiger partial charge on any atom is 0.310 e. The topological polar surface area (TPSA) is 44.8 Å². The van der Waals surface area contributed by atoms with E-state index in [9.17, 15) is 4.79 Å². The van der Waals surface area contributed by atoms with Crippen molar-refractivity contribution >= 4 is 5.97 Å². The molecule has 0 aromatic carbocycles. The quantitative estimate of drug-likeness (QED) is 0.568. The van der Waals surface area contributed by atoms with Crippen molar-refractivity contribution < 1.29 is 19.0 Å². The Balaban J connectivity index is 1.45. The standard InChI is InChI=1S/C15H24O4/c1-3-9(2)14(16)18-8-19-15-13-11-5-4-10(6-11)12(13)7-17-15/h9-13,15H,3-8H2,1-2H3. The Kier molecular flexibility index (Phi) is 3.81. The van der Waals surface area contributed by atoms with Crippen LogP contribution in [0.3, 0.4) is 0 Å². The van der Waals surface area contributed by atoms with Gasteiger partial charge in [0.1, 0.15) is 0 Å². The van der Waals surface area contributed by atoms with Crippen LogP contribution in [0.1, 0.15) is 39.5 Å². The largest absolute Gasteiger partial charge is 0.438 e. The summed E-state index contributed by atoms with van der Waals surface area (Å²) in [6, 6.07) is 0. The van der Waals surface area contributed by atoms with Crippen molar-refractivity contribution in [1.82, 2.24) is 0 Å². The predicted octanol–water partition coefficient (Wildman–Crippen LogP) is 2.57. The molecular weight excluding hydrogens is 244 g/mol. The number of carbonyl (C=O) groups is 1. The molecule has 0 N–H and O–H groups in total. The van der Waals surface area contributed by atoms with Crippen molar-refractivity contribution in [2.75, 3.05) is 13.4 Å². The van der Waals surface area contributed by atoms with Gasteiger partial charge in [0.2, 0.25) is 0 Å². The number of hydrogen-bond donors (Lipinski definition) is 0. The number of esters is 1. The third-order valence-electron chi connectivity index (χ3n) is 5.37. The molecule has 0 amide bonds. The van der Waals surface area contributed by atoms with Crippen molar-refractivity contribution in [1.29, 1.82) is 0 Å². The summed E-state index contributed by atoms with van der Waals surface area (Å²) in [5.74, 6) is 2.63. The van der Waals surface area contributed by atoms with E-state index in [1.54, 1.807) is 0 Å². The fourth-order valence-corrected chi connectivity index (χ4v) is 4.07. The van der Waals surface area contributed by atoms with Gasteiger partial charge in [0.15, 0.2) is 13.1 Å². The van der Waals surface area contributed by atoms with Crippen LogP contribution in [-0.2, 0) is 19.0 Å². The van der Waals surface area contributed by atoms with Gasteiger partial charge in [-0.25, -0.2) is 0 Å². The van der Waals surface area contributed by atoms with Crippen LogP contribution in [0, 0.1) is 29.6 Å². The molecule has 0 aromatic heterocycles. The number of carbonyl (C=O) groups excluding carboxylic acids is 1. The van der Waals surface area contributed by atoms with Gasteiger partial charge in [-0.3, -0.25) is 4.79 Å². The van der Waals surface area contributed by atoms with E-state index in [-0.39, 0.29) is 25.0 Å². The van der Waals surface area contributed by atoms with Crippen molar-refractivity contribution in [3.63, 3.8) is 0 Å². The zero-order chi connectivity index (χ0) is 13.4. The third-order valence-corrected chi connectivity index (χ3v) is 5.37. The maximum atomic E-state index is 11.6. The average molecular weight is 268 g/mol. The minimum atomic E-state index is -0.176. The molecule has 19 heavy (non-hydrogen) atoms. The Hall–Kier alpha value is -0.610. The number of hydrogen-bond acceptors (Lipinski definition) is 4. The van der Waals surface area contributed by atoms with Gasteiger partial charge in [0.25, 0.3) is 0 Å². The fourth-order valence-electron chi connectivity index (χ4n) is 4.07. The molecule has 1 heterocycles. The Labute approximate surface area is 114 Å². The lowest BCUT2D eigenvalue weighted by Crippen LogP contribution is -2.29. The first-order chi connectivity index (χ1) is 9.20. The van der Waals surface area contributed by atoms with Gasteiger partial charge in [-0.2, -0.15) is 0 Å². The predicted molar refractivity (Wildman–Crippen MR) is 69.1 cm³/mol. The molecule has 2 bridgehead atoms. The summed E-state index contributed by atoms with van der Waals surface area (Å²) in [5.41, 5.74) is 0. The summed E-state index contributed by atoms with van der Waals surface area (Å²) >= 11 is 0. The lowest BCUT2D eigenvalue weighted by Gasteiger charge is -2.26. The highest BCUT2D eigenvalue weighted by molar-refractivity contribution is 5.71. The summed E-state index contributed by atoms with van der Waals surface area (Å²) in [4.78, 5) is 11.6. The van der Waals surface area contributed by atoms with Crippen LogP contribution in [0.2, 0.25) is 0 Å². The second-order valence-electron chi connectivity index (χ2n) is 6.33. The van der Waals surface area contributed by atoms with E-state index in [1.165, 1.54) is 19.3 Å². The molecule has 0 spiro atoms. The molecule has 1 aliphatic heterocycles. The molecule has 0 aromatic rings. The summed E-state index contributed by atoms with van der Waals surface area (Å²) in [5, 5.41) is 0. The Morgan fingerprint density at radius 3 is 2.95 bits per heavy atom. The van der Waals surface area contributed by atoms with E-state index in [0.717, 1.165) is 24.9 Å². The zero-order valence-corrected chi connectivity index (χ0v) is 11.8. The van der Waals surface area contributed by atoms with Crippen LogP contribution in [0.4, 0.5) is 0 Å². The highest BCUT2D eigenvalue weighted by atomic mass is 16.8. The summed E-state index contributed by atoms with van der Waals surface area (Å²) in [6.07, 6.45) is 4.69. The molecule has 2 aliphatic carbocycles. The lowest BCUT2D eigenvalue weighted by atomic mass is 9.81. The summed E-state index contributed by atoms with van der Waals surface area (Å²) in [6.45, 7) is 4.72. The van der Waals surface area contributed by atoms with Crippen molar-refractivity contribution in [3.8, 4) is 0 Å². The molecule has 4 heteroatoms. The normalized spacial score (nSPS) is 41.3. The van der Waals surface area contributed by atoms with Gasteiger partial charge < -0.3 is 14.2 Å². The molecule has 1 saturated heterocycles. The second kappa shape index (κ2) is 5.41. The van der Waals surface area contributed by atoms with Gasteiger partial charge in [0, 0.05) is 5.92 Å². The molecule has 3 fully saturated rings. The Morgan fingerprint density at radius 2 is 2.16 bits per heavy atom. The molecule has 6 unspecified atom stereocenters. The van der Waals surface area contributed by atoms with Crippen LogP contribution in [0.15, 0.2) is 0 Å². The fraction of sp³-hybridized carbons (Fsp3) is 0.933. The average Bonchev–Trinajstić information content (AvgIpc) is 3.10. The van der Waals surface area contributed by atoms with Crippen molar-refractivity contribution in [3.05, 3.63) is 0 Å². The van der Waals surface area contributed by atoms with Crippen LogP contribution in [0.25, 0.3) is 0 Å². The van der Waals surface area contributed by atoms with Gasteiger partial charge in [-0.15, -0.1) is 0 Å². The van der Waals surface area contributed by atoms with Crippen molar-refractivity contribution in [2.45, 2.75) is 45.8 Å². The second-order valence-corrected chi connectivity index (χ2v) is 6.33. The van der Waals surface area contributed by atoms with Crippen molar-refractivity contribution in [2.24, 2.45) is 29.6 Å². The van der Waals surface area contributed by atoms with Gasteiger partial charge >= 0.3 is 5.97 Å². The van der Waals surface area contributed by atoms with Crippen LogP contribution in [0.5, 0.6) is 0 Å².